The lowest BCUT2D eigenvalue weighted by atomic mass is 10.4. The molecule has 0 bridgehead atoms. The summed E-state index contributed by atoms with van der Waals surface area (Å²) in [6.45, 7) is 0. The molecule has 82 valence electrons. The van der Waals surface area contributed by atoms with Crippen molar-refractivity contribution in [1.82, 2.24) is 9.13 Å². The monoisotopic (exact) mass is 214 g/mol. The molecule has 0 aliphatic heterocycles. The van der Waals surface area contributed by atoms with Crippen molar-refractivity contribution in [3.63, 3.8) is 0 Å². The van der Waals surface area contributed by atoms with Gasteiger partial charge in [0, 0.05) is 21.1 Å². The molecule has 1 aromatic rings. The molecule has 0 unspecified atom stereocenters. The van der Waals surface area contributed by atoms with E-state index in [9.17, 15) is 19.7 Å². The standard InChI is InChI=1S/C7H10N4O4/c1-8-5-4(11(14)15)6(12)10(3)7(13)9(5)2/h8H,1-3H3. The topological polar surface area (TPSA) is 99.2 Å². The SMILES string of the molecule is CNc1c([N+](=O)[O-])c(=O)n(C)c(=O)n1C. The number of nitrogens with zero attached hydrogens (tertiary/aromatic N) is 3. The number of hydrogen-bond donors (Lipinski definition) is 1. The highest BCUT2D eigenvalue weighted by molar-refractivity contribution is 5.54. The zero-order valence-corrected chi connectivity index (χ0v) is 8.47. The van der Waals surface area contributed by atoms with E-state index in [1.54, 1.807) is 0 Å². The van der Waals surface area contributed by atoms with E-state index >= 15 is 0 Å². The molecule has 1 heterocycles. The zero-order valence-electron chi connectivity index (χ0n) is 8.47. The maximum Gasteiger partial charge on any atom is 0.374 e. The van der Waals surface area contributed by atoms with E-state index in [-0.39, 0.29) is 5.82 Å². The normalized spacial score (nSPS) is 10.1. The Balaban J connectivity index is 3.87. The fourth-order valence-electron chi connectivity index (χ4n) is 1.28. The Morgan fingerprint density at radius 3 is 2.20 bits per heavy atom. The van der Waals surface area contributed by atoms with Crippen LogP contribution in [0.5, 0.6) is 0 Å². The summed E-state index contributed by atoms with van der Waals surface area (Å²) in [6, 6.07) is 0. The lowest BCUT2D eigenvalue weighted by Gasteiger charge is -2.08. The van der Waals surface area contributed by atoms with Gasteiger partial charge in [0.25, 0.3) is 0 Å². The summed E-state index contributed by atoms with van der Waals surface area (Å²) >= 11 is 0. The minimum atomic E-state index is -0.924. The van der Waals surface area contributed by atoms with E-state index < -0.39 is 21.9 Å². The van der Waals surface area contributed by atoms with E-state index in [0.717, 1.165) is 4.57 Å². The molecular formula is C7H10N4O4. The molecule has 8 heteroatoms. The molecule has 0 aromatic carbocycles. The summed E-state index contributed by atoms with van der Waals surface area (Å²) in [4.78, 5) is 32.7. The number of nitro groups is 1. The molecule has 0 saturated carbocycles. The molecule has 0 aliphatic rings. The molecule has 15 heavy (non-hydrogen) atoms. The largest absolute Gasteiger partial charge is 0.374 e. The van der Waals surface area contributed by atoms with Crippen LogP contribution in [0.4, 0.5) is 11.5 Å². The van der Waals surface area contributed by atoms with Crippen LogP contribution in [0.1, 0.15) is 0 Å². The molecule has 0 fully saturated rings. The minimum absolute atomic E-state index is 0.104. The Kier molecular flexibility index (Phi) is 2.60. The van der Waals surface area contributed by atoms with Crippen LogP contribution in [0.25, 0.3) is 0 Å². The van der Waals surface area contributed by atoms with Crippen molar-refractivity contribution in [3.8, 4) is 0 Å². The van der Waals surface area contributed by atoms with Gasteiger partial charge in [0.15, 0.2) is 5.82 Å². The molecule has 0 saturated heterocycles. The van der Waals surface area contributed by atoms with Gasteiger partial charge >= 0.3 is 16.9 Å². The van der Waals surface area contributed by atoms with Crippen molar-refractivity contribution in [3.05, 3.63) is 31.0 Å². The summed E-state index contributed by atoms with van der Waals surface area (Å²) < 4.78 is 1.71. The number of hydrogen-bond acceptors (Lipinski definition) is 5. The number of rotatable bonds is 2. The summed E-state index contributed by atoms with van der Waals surface area (Å²) in [5.41, 5.74) is -2.18. The Labute approximate surface area is 83.9 Å². The van der Waals surface area contributed by atoms with Crippen molar-refractivity contribution in [2.45, 2.75) is 0 Å². The van der Waals surface area contributed by atoms with Crippen molar-refractivity contribution in [2.24, 2.45) is 14.1 Å². The highest BCUT2D eigenvalue weighted by atomic mass is 16.6. The second-order valence-electron chi connectivity index (χ2n) is 2.91. The van der Waals surface area contributed by atoms with Crippen LogP contribution in [0.2, 0.25) is 0 Å². The highest BCUT2D eigenvalue weighted by Crippen LogP contribution is 2.15. The van der Waals surface area contributed by atoms with Crippen LogP contribution < -0.4 is 16.6 Å². The van der Waals surface area contributed by atoms with Crippen LogP contribution in [-0.4, -0.2) is 21.1 Å². The third-order valence-corrected chi connectivity index (χ3v) is 2.06. The van der Waals surface area contributed by atoms with Crippen molar-refractivity contribution < 1.29 is 4.92 Å². The first-order valence-corrected chi connectivity index (χ1v) is 4.04. The Bertz CT molecular complexity index is 527. The van der Waals surface area contributed by atoms with Crippen LogP contribution in [-0.2, 0) is 14.1 Å². The van der Waals surface area contributed by atoms with Gasteiger partial charge < -0.3 is 5.32 Å². The molecule has 8 nitrogen and oxygen atoms in total. The maximum absolute atomic E-state index is 11.4. The van der Waals surface area contributed by atoms with Crippen molar-refractivity contribution >= 4 is 11.5 Å². The average Bonchev–Trinajstić information content (AvgIpc) is 2.19. The quantitative estimate of drug-likeness (QED) is 0.504. The summed E-state index contributed by atoms with van der Waals surface area (Å²) in [6.07, 6.45) is 0. The molecule has 0 aliphatic carbocycles. The Morgan fingerprint density at radius 1 is 1.27 bits per heavy atom. The fraction of sp³-hybridized carbons (Fsp3) is 0.429. The molecular weight excluding hydrogens is 204 g/mol. The van der Waals surface area contributed by atoms with E-state index in [1.165, 1.54) is 21.1 Å². The molecule has 0 spiro atoms. The van der Waals surface area contributed by atoms with E-state index in [2.05, 4.69) is 5.32 Å². The Morgan fingerprint density at radius 2 is 1.80 bits per heavy atom. The zero-order chi connectivity index (χ0) is 11.7. The first-order valence-electron chi connectivity index (χ1n) is 4.04. The van der Waals surface area contributed by atoms with Crippen LogP contribution in [0.15, 0.2) is 9.59 Å². The molecule has 1 aromatic heterocycles. The predicted octanol–water partition coefficient (Wildman–Crippen LogP) is -0.966. The van der Waals surface area contributed by atoms with E-state index in [0.29, 0.717) is 4.57 Å². The molecule has 0 amide bonds. The van der Waals surface area contributed by atoms with E-state index in [1.807, 2.05) is 0 Å². The van der Waals surface area contributed by atoms with E-state index in [4.69, 9.17) is 0 Å². The van der Waals surface area contributed by atoms with Gasteiger partial charge in [-0.05, 0) is 0 Å². The van der Waals surface area contributed by atoms with Crippen molar-refractivity contribution in [1.29, 1.82) is 0 Å². The van der Waals surface area contributed by atoms with Gasteiger partial charge in [0.1, 0.15) is 0 Å². The van der Waals surface area contributed by atoms with Gasteiger partial charge in [-0.1, -0.05) is 0 Å². The molecule has 0 atom stereocenters. The van der Waals surface area contributed by atoms with Gasteiger partial charge in [-0.15, -0.1) is 0 Å². The average molecular weight is 214 g/mol. The lowest BCUT2D eigenvalue weighted by Crippen LogP contribution is -2.39. The molecule has 1 rings (SSSR count). The number of nitrogens with one attached hydrogen (secondary N) is 1. The Hall–Kier alpha value is -2.12. The van der Waals surface area contributed by atoms with Gasteiger partial charge in [-0.3, -0.25) is 24.0 Å². The van der Waals surface area contributed by atoms with Crippen LogP contribution in [0.3, 0.4) is 0 Å². The number of aromatic nitrogens is 2. The smallest absolute Gasteiger partial charge is 0.369 e. The van der Waals surface area contributed by atoms with Gasteiger partial charge in [-0.2, -0.15) is 0 Å². The summed E-state index contributed by atoms with van der Waals surface area (Å²) in [5.74, 6) is -0.104. The third kappa shape index (κ3) is 1.49. The maximum atomic E-state index is 11.4. The lowest BCUT2D eigenvalue weighted by molar-refractivity contribution is -0.386. The van der Waals surface area contributed by atoms with Gasteiger partial charge in [0.05, 0.1) is 4.92 Å². The summed E-state index contributed by atoms with van der Waals surface area (Å²) in [7, 11) is 3.94. The fourth-order valence-corrected chi connectivity index (χ4v) is 1.28. The third-order valence-electron chi connectivity index (χ3n) is 2.06. The van der Waals surface area contributed by atoms with Gasteiger partial charge in [0.2, 0.25) is 0 Å². The first kappa shape index (κ1) is 11.0. The molecule has 0 radical (unpaired) electrons. The second kappa shape index (κ2) is 3.56. The summed E-state index contributed by atoms with van der Waals surface area (Å²) in [5, 5.41) is 13.1. The van der Waals surface area contributed by atoms with Crippen LogP contribution >= 0.6 is 0 Å². The highest BCUT2D eigenvalue weighted by Gasteiger charge is 2.24. The van der Waals surface area contributed by atoms with Crippen molar-refractivity contribution in [2.75, 3.05) is 12.4 Å². The number of anilines is 1. The minimum Gasteiger partial charge on any atom is -0.369 e. The van der Waals surface area contributed by atoms with Crippen LogP contribution in [0, 0.1) is 10.1 Å². The molecule has 1 N–H and O–H groups in total. The second-order valence-corrected chi connectivity index (χ2v) is 2.91. The first-order chi connectivity index (χ1) is 6.91. The predicted molar refractivity (Wildman–Crippen MR) is 53.1 cm³/mol. The van der Waals surface area contributed by atoms with Gasteiger partial charge in [-0.25, -0.2) is 4.79 Å².